The summed E-state index contributed by atoms with van der Waals surface area (Å²) in [5, 5.41) is 44.5. The summed E-state index contributed by atoms with van der Waals surface area (Å²) in [7, 11) is 0. The van der Waals surface area contributed by atoms with Gasteiger partial charge in [0.2, 0.25) is 11.9 Å². The molecule has 0 aliphatic rings. The van der Waals surface area contributed by atoms with E-state index in [1.54, 1.807) is 0 Å². The third-order valence-electron chi connectivity index (χ3n) is 4.46. The zero-order valence-electron chi connectivity index (χ0n) is 18.2. The number of halogens is 6. The molecule has 0 radical (unpaired) electrons. The molecule has 0 aliphatic heterocycles. The second-order valence-electron chi connectivity index (χ2n) is 7.78. The molecule has 0 aromatic carbocycles. The van der Waals surface area contributed by atoms with E-state index >= 15 is 0 Å². The van der Waals surface area contributed by atoms with Crippen molar-refractivity contribution in [3.63, 3.8) is 0 Å². The van der Waals surface area contributed by atoms with Gasteiger partial charge in [0.15, 0.2) is 11.5 Å². The van der Waals surface area contributed by atoms with Gasteiger partial charge in [0, 0.05) is 11.9 Å². The van der Waals surface area contributed by atoms with Gasteiger partial charge in [0.25, 0.3) is 5.91 Å². The van der Waals surface area contributed by atoms with Crippen LogP contribution in [0.5, 0.6) is 5.75 Å². The number of nitrogens with one attached hydrogen (secondary N) is 2. The van der Waals surface area contributed by atoms with E-state index in [4.69, 9.17) is 0 Å². The largest absolute Gasteiger partial charge is 0.506 e. The quantitative estimate of drug-likeness (QED) is 0.208. The Labute approximate surface area is 197 Å². The standard InChI is InChI=1S/C19H17F6N7O4/c1-16(2,34)19(35,36)32-15-30-13(12-9(33)3-4-10(28-12)17(20,21)22)29-14(31-15)27-8-5-6-26-11(7-8)18(23,24)25/h3-7,33-36H,1-2H3,(H2,26,27,29,30,31,32). The molecule has 0 fully saturated rings. The van der Waals surface area contributed by atoms with E-state index in [1.807, 2.05) is 5.32 Å². The van der Waals surface area contributed by atoms with Gasteiger partial charge in [-0.25, -0.2) is 4.98 Å². The molecule has 0 aliphatic carbocycles. The summed E-state index contributed by atoms with van der Waals surface area (Å²) in [6.07, 6.45) is -8.91. The van der Waals surface area contributed by atoms with Crippen LogP contribution >= 0.6 is 0 Å². The number of aliphatic hydroxyl groups is 3. The molecule has 6 N–H and O–H groups in total. The summed E-state index contributed by atoms with van der Waals surface area (Å²) in [5.74, 6) is -6.02. The van der Waals surface area contributed by atoms with Crippen LogP contribution in [-0.2, 0) is 12.4 Å². The van der Waals surface area contributed by atoms with E-state index in [0.29, 0.717) is 18.2 Å². The van der Waals surface area contributed by atoms with Crippen molar-refractivity contribution in [2.24, 2.45) is 0 Å². The monoisotopic (exact) mass is 521 g/mol. The normalized spacial score (nSPS) is 13.0. The molecule has 17 heteroatoms. The van der Waals surface area contributed by atoms with Gasteiger partial charge in [0.1, 0.15) is 22.7 Å². The number of aromatic hydroxyl groups is 1. The molecule has 194 valence electrons. The number of aromatic nitrogens is 5. The summed E-state index contributed by atoms with van der Waals surface area (Å²) < 4.78 is 78.4. The zero-order chi connectivity index (χ0) is 27.1. The van der Waals surface area contributed by atoms with Crippen molar-refractivity contribution in [2.75, 3.05) is 10.6 Å². The Hall–Kier alpha value is -3.83. The molecule has 3 rings (SSSR count). The lowest BCUT2D eigenvalue weighted by atomic mass is 10.1. The lowest BCUT2D eigenvalue weighted by Crippen LogP contribution is -2.56. The molecule has 3 aromatic heterocycles. The maximum atomic E-state index is 13.1. The Morgan fingerprint density at radius 2 is 1.39 bits per heavy atom. The highest BCUT2D eigenvalue weighted by atomic mass is 19.4. The van der Waals surface area contributed by atoms with Crippen molar-refractivity contribution in [2.45, 2.75) is 37.7 Å². The van der Waals surface area contributed by atoms with Crippen LogP contribution in [0.15, 0.2) is 30.5 Å². The van der Waals surface area contributed by atoms with Gasteiger partial charge >= 0.3 is 12.4 Å². The molecule has 3 heterocycles. The van der Waals surface area contributed by atoms with Crippen molar-refractivity contribution in [3.8, 4) is 17.3 Å². The molecule has 0 saturated heterocycles. The first-order valence-corrected chi connectivity index (χ1v) is 9.66. The first kappa shape index (κ1) is 26.8. The average molecular weight is 521 g/mol. The lowest BCUT2D eigenvalue weighted by molar-refractivity contribution is -0.242. The number of rotatable bonds is 6. The summed E-state index contributed by atoms with van der Waals surface area (Å²) >= 11 is 0. The Morgan fingerprint density at radius 3 is 1.97 bits per heavy atom. The van der Waals surface area contributed by atoms with Gasteiger partial charge in [-0.1, -0.05) is 0 Å². The number of hydrogen-bond acceptors (Lipinski definition) is 11. The summed E-state index contributed by atoms with van der Waals surface area (Å²) in [6, 6.07) is 2.81. The zero-order valence-corrected chi connectivity index (χ0v) is 18.2. The molecule has 0 saturated carbocycles. The molecular weight excluding hydrogens is 504 g/mol. The Kier molecular flexibility index (Phi) is 6.69. The molecule has 36 heavy (non-hydrogen) atoms. The topological polar surface area (TPSA) is 169 Å². The van der Waals surface area contributed by atoms with E-state index in [2.05, 4.69) is 30.2 Å². The van der Waals surface area contributed by atoms with Crippen molar-refractivity contribution >= 4 is 17.6 Å². The van der Waals surface area contributed by atoms with Crippen LogP contribution in [-0.4, -0.2) is 56.9 Å². The SMILES string of the molecule is CC(C)(O)C(O)(O)Nc1nc(Nc2ccnc(C(F)(F)F)c2)nc(-c2nc(C(F)(F)F)ccc2O)n1. The van der Waals surface area contributed by atoms with E-state index in [9.17, 15) is 46.8 Å². The van der Waals surface area contributed by atoms with Crippen LogP contribution < -0.4 is 10.6 Å². The molecule has 0 amide bonds. The van der Waals surface area contributed by atoms with Gasteiger partial charge in [-0.15, -0.1) is 0 Å². The third kappa shape index (κ3) is 6.04. The van der Waals surface area contributed by atoms with Gasteiger partial charge in [-0.2, -0.15) is 41.3 Å². The predicted octanol–water partition coefficient (Wildman–Crippen LogP) is 2.64. The fourth-order valence-corrected chi connectivity index (χ4v) is 2.47. The third-order valence-corrected chi connectivity index (χ3v) is 4.46. The van der Waals surface area contributed by atoms with Crippen LogP contribution in [0.25, 0.3) is 11.5 Å². The lowest BCUT2D eigenvalue weighted by Gasteiger charge is -2.33. The number of pyridine rings is 2. The Bertz CT molecular complexity index is 1260. The minimum absolute atomic E-state index is 0.261. The van der Waals surface area contributed by atoms with Crippen molar-refractivity contribution < 1.29 is 46.8 Å². The minimum Gasteiger partial charge on any atom is -0.506 e. The average Bonchev–Trinajstić information content (AvgIpc) is 2.71. The van der Waals surface area contributed by atoms with Crippen LogP contribution in [0.1, 0.15) is 25.2 Å². The fourth-order valence-electron chi connectivity index (χ4n) is 2.47. The predicted molar refractivity (Wildman–Crippen MR) is 109 cm³/mol. The van der Waals surface area contributed by atoms with Crippen molar-refractivity contribution in [3.05, 3.63) is 41.9 Å². The first-order chi connectivity index (χ1) is 16.4. The van der Waals surface area contributed by atoms with Crippen LogP contribution in [0.3, 0.4) is 0 Å². The van der Waals surface area contributed by atoms with Gasteiger partial charge in [-0.3, -0.25) is 4.98 Å². The number of anilines is 3. The number of alkyl halides is 6. The van der Waals surface area contributed by atoms with Crippen molar-refractivity contribution in [1.82, 2.24) is 24.9 Å². The van der Waals surface area contributed by atoms with E-state index in [0.717, 1.165) is 26.1 Å². The van der Waals surface area contributed by atoms with Crippen LogP contribution in [0, 0.1) is 0 Å². The second-order valence-corrected chi connectivity index (χ2v) is 7.78. The summed E-state index contributed by atoms with van der Waals surface area (Å²) in [5.41, 5.74) is -6.03. The highest BCUT2D eigenvalue weighted by Crippen LogP contribution is 2.34. The molecule has 11 nitrogen and oxygen atoms in total. The van der Waals surface area contributed by atoms with E-state index in [-0.39, 0.29) is 5.69 Å². The molecule has 3 aromatic rings. The Balaban J connectivity index is 2.14. The van der Waals surface area contributed by atoms with Gasteiger partial charge < -0.3 is 31.1 Å². The van der Waals surface area contributed by atoms with Crippen LogP contribution in [0.4, 0.5) is 43.9 Å². The molecule has 0 bridgehead atoms. The molecule has 0 atom stereocenters. The van der Waals surface area contributed by atoms with E-state index in [1.165, 1.54) is 0 Å². The maximum Gasteiger partial charge on any atom is 0.433 e. The highest BCUT2D eigenvalue weighted by molar-refractivity contribution is 5.63. The van der Waals surface area contributed by atoms with Crippen LogP contribution in [0.2, 0.25) is 0 Å². The highest BCUT2D eigenvalue weighted by Gasteiger charge is 2.42. The second kappa shape index (κ2) is 8.99. The maximum absolute atomic E-state index is 13.1. The first-order valence-electron chi connectivity index (χ1n) is 9.66. The fraction of sp³-hybridized carbons (Fsp3) is 0.316. The van der Waals surface area contributed by atoms with Gasteiger partial charge in [-0.05, 0) is 38.1 Å². The number of hydrogen-bond donors (Lipinski definition) is 6. The molecular formula is C19H17F6N7O4. The smallest absolute Gasteiger partial charge is 0.433 e. The van der Waals surface area contributed by atoms with E-state index < -0.39 is 64.4 Å². The summed E-state index contributed by atoms with van der Waals surface area (Å²) in [6.45, 7) is 1.97. The Morgan fingerprint density at radius 1 is 0.778 bits per heavy atom. The molecule has 0 spiro atoms. The van der Waals surface area contributed by atoms with Crippen molar-refractivity contribution in [1.29, 1.82) is 0 Å². The molecule has 0 unspecified atom stereocenters. The minimum atomic E-state index is -4.92. The summed E-state index contributed by atoms with van der Waals surface area (Å²) in [4.78, 5) is 17.7. The van der Waals surface area contributed by atoms with Gasteiger partial charge in [0.05, 0.1) is 0 Å². The number of nitrogens with zero attached hydrogens (tertiary/aromatic N) is 5.